The molecule has 0 fully saturated rings. The normalized spacial score (nSPS) is 14.1. The summed E-state index contributed by atoms with van der Waals surface area (Å²) in [6, 6.07) is 7.71. The van der Waals surface area contributed by atoms with Crippen LogP contribution in [0.4, 0.5) is 0 Å². The molecule has 0 aliphatic carbocycles. The zero-order valence-electron chi connectivity index (χ0n) is 12.8. The van der Waals surface area contributed by atoms with Gasteiger partial charge >= 0.3 is 5.97 Å². The van der Waals surface area contributed by atoms with Crippen LogP contribution in [0.15, 0.2) is 24.3 Å². The number of carbonyl (C=O) groups is 1. The summed E-state index contributed by atoms with van der Waals surface area (Å²) in [6.45, 7) is 10.2. The van der Waals surface area contributed by atoms with E-state index in [9.17, 15) is 4.79 Å². The molecule has 0 spiro atoms. The van der Waals surface area contributed by atoms with Gasteiger partial charge in [-0.2, -0.15) is 0 Å². The van der Waals surface area contributed by atoms with E-state index in [0.717, 1.165) is 18.7 Å². The Balaban J connectivity index is 3.15. The third kappa shape index (κ3) is 3.97. The van der Waals surface area contributed by atoms with Crippen molar-refractivity contribution in [2.24, 2.45) is 0 Å². The fourth-order valence-electron chi connectivity index (χ4n) is 2.63. The summed E-state index contributed by atoms with van der Waals surface area (Å²) in [7, 11) is 0. The fourth-order valence-corrected chi connectivity index (χ4v) is 2.82. The Morgan fingerprint density at radius 1 is 1.30 bits per heavy atom. The molecule has 0 bridgehead atoms. The van der Waals surface area contributed by atoms with Gasteiger partial charge in [0.25, 0.3) is 0 Å². The average molecular weight is 298 g/mol. The average Bonchev–Trinajstić information content (AvgIpc) is 2.40. The number of rotatable bonds is 7. The summed E-state index contributed by atoms with van der Waals surface area (Å²) >= 11 is 6.10. The monoisotopic (exact) mass is 297 g/mol. The Labute approximate surface area is 126 Å². The highest BCUT2D eigenvalue weighted by atomic mass is 35.5. The number of benzene rings is 1. The van der Waals surface area contributed by atoms with Crippen LogP contribution < -0.4 is 0 Å². The summed E-state index contributed by atoms with van der Waals surface area (Å²) in [5.74, 6) is -0.179. The molecule has 1 rings (SSSR count). The van der Waals surface area contributed by atoms with Gasteiger partial charge in [-0.1, -0.05) is 37.6 Å². The molecule has 112 valence electrons. The topological polar surface area (TPSA) is 29.5 Å². The van der Waals surface area contributed by atoms with Crippen LogP contribution in [0.1, 0.15) is 39.7 Å². The minimum Gasteiger partial charge on any atom is -0.466 e. The maximum atomic E-state index is 12.0. The van der Waals surface area contributed by atoms with Crippen LogP contribution in [0, 0.1) is 0 Å². The zero-order valence-corrected chi connectivity index (χ0v) is 13.5. The highest BCUT2D eigenvalue weighted by molar-refractivity contribution is 6.30. The number of ether oxygens (including phenoxy) is 1. The number of esters is 1. The predicted octanol–water partition coefficient (Wildman–Crippen LogP) is 3.85. The van der Waals surface area contributed by atoms with Crippen LogP contribution in [0.2, 0.25) is 5.02 Å². The van der Waals surface area contributed by atoms with Gasteiger partial charge in [-0.25, -0.2) is 0 Å². The molecule has 0 saturated carbocycles. The van der Waals surface area contributed by atoms with Gasteiger partial charge in [0, 0.05) is 5.02 Å². The standard InChI is InChI=1S/C16H24ClNO2/c1-5-18(6-2)16(4,12-15(19)20-7-3)13-9-8-10-14(17)11-13/h8-11H,5-7,12H2,1-4H3. The first kappa shape index (κ1) is 17.0. The Morgan fingerprint density at radius 3 is 2.45 bits per heavy atom. The van der Waals surface area contributed by atoms with Gasteiger partial charge < -0.3 is 4.74 Å². The third-order valence-corrected chi connectivity index (χ3v) is 3.94. The van der Waals surface area contributed by atoms with E-state index in [1.54, 1.807) is 0 Å². The Bertz CT molecular complexity index is 446. The molecule has 0 aliphatic heterocycles. The highest BCUT2D eigenvalue weighted by Gasteiger charge is 2.35. The maximum Gasteiger partial charge on any atom is 0.307 e. The number of hydrogen-bond acceptors (Lipinski definition) is 3. The summed E-state index contributed by atoms with van der Waals surface area (Å²) in [5.41, 5.74) is 0.641. The van der Waals surface area contributed by atoms with E-state index < -0.39 is 5.54 Å². The van der Waals surface area contributed by atoms with Crippen molar-refractivity contribution in [3.8, 4) is 0 Å². The number of hydrogen-bond donors (Lipinski definition) is 0. The van der Waals surface area contributed by atoms with E-state index in [-0.39, 0.29) is 5.97 Å². The highest BCUT2D eigenvalue weighted by Crippen LogP contribution is 2.33. The SMILES string of the molecule is CCOC(=O)CC(C)(c1cccc(Cl)c1)N(CC)CC. The second-order valence-corrected chi connectivity index (χ2v) is 5.37. The molecule has 3 nitrogen and oxygen atoms in total. The Kier molecular flexibility index (Phi) is 6.50. The Morgan fingerprint density at radius 2 is 1.95 bits per heavy atom. The fraction of sp³-hybridized carbons (Fsp3) is 0.562. The summed E-state index contributed by atoms with van der Waals surface area (Å²) in [4.78, 5) is 14.2. The minimum atomic E-state index is -0.402. The second-order valence-electron chi connectivity index (χ2n) is 4.94. The van der Waals surface area contributed by atoms with Gasteiger partial charge in [-0.05, 0) is 44.6 Å². The molecule has 0 aromatic heterocycles. The Hall–Kier alpha value is -1.06. The van der Waals surface area contributed by atoms with Crippen LogP contribution in [0.25, 0.3) is 0 Å². The maximum absolute atomic E-state index is 12.0. The van der Waals surface area contributed by atoms with Crippen molar-refractivity contribution in [2.45, 2.75) is 39.7 Å². The molecule has 0 amide bonds. The molecule has 1 aromatic rings. The minimum absolute atomic E-state index is 0.179. The van der Waals surface area contributed by atoms with Crippen LogP contribution in [0.3, 0.4) is 0 Å². The van der Waals surface area contributed by atoms with Crippen molar-refractivity contribution in [1.82, 2.24) is 4.90 Å². The molecule has 1 unspecified atom stereocenters. The molecular weight excluding hydrogens is 274 g/mol. The van der Waals surface area contributed by atoms with Crippen molar-refractivity contribution in [3.63, 3.8) is 0 Å². The quantitative estimate of drug-likeness (QED) is 0.716. The molecule has 1 atom stereocenters. The van der Waals surface area contributed by atoms with Gasteiger partial charge in [-0.15, -0.1) is 0 Å². The van der Waals surface area contributed by atoms with E-state index in [1.165, 1.54) is 0 Å². The van der Waals surface area contributed by atoms with Gasteiger partial charge in [-0.3, -0.25) is 9.69 Å². The van der Waals surface area contributed by atoms with Gasteiger partial charge in [0.2, 0.25) is 0 Å². The van der Waals surface area contributed by atoms with E-state index in [2.05, 4.69) is 25.7 Å². The van der Waals surface area contributed by atoms with Crippen molar-refractivity contribution in [3.05, 3.63) is 34.9 Å². The lowest BCUT2D eigenvalue weighted by molar-refractivity contribution is -0.146. The summed E-state index contributed by atoms with van der Waals surface area (Å²) < 4.78 is 5.13. The van der Waals surface area contributed by atoms with Crippen LogP contribution in [-0.4, -0.2) is 30.6 Å². The molecule has 0 heterocycles. The molecule has 0 radical (unpaired) electrons. The van der Waals surface area contributed by atoms with Gasteiger partial charge in [0.15, 0.2) is 0 Å². The predicted molar refractivity (Wildman–Crippen MR) is 83.0 cm³/mol. The first-order valence-corrected chi connectivity index (χ1v) is 7.52. The molecule has 20 heavy (non-hydrogen) atoms. The zero-order chi connectivity index (χ0) is 15.2. The van der Waals surface area contributed by atoms with Gasteiger partial charge in [0.1, 0.15) is 0 Å². The van der Waals surface area contributed by atoms with Gasteiger partial charge in [0.05, 0.1) is 18.6 Å². The largest absolute Gasteiger partial charge is 0.466 e. The number of nitrogens with zero attached hydrogens (tertiary/aromatic N) is 1. The summed E-state index contributed by atoms with van der Waals surface area (Å²) in [5, 5.41) is 0.685. The van der Waals surface area contributed by atoms with Crippen molar-refractivity contribution < 1.29 is 9.53 Å². The second kappa shape index (κ2) is 7.65. The first-order chi connectivity index (χ1) is 9.47. The number of carbonyl (C=O) groups excluding carboxylic acids is 1. The third-order valence-electron chi connectivity index (χ3n) is 3.70. The van der Waals surface area contributed by atoms with Crippen molar-refractivity contribution >= 4 is 17.6 Å². The van der Waals surface area contributed by atoms with Crippen LogP contribution >= 0.6 is 11.6 Å². The van der Waals surface area contributed by atoms with E-state index in [0.29, 0.717) is 18.1 Å². The lowest BCUT2D eigenvalue weighted by Crippen LogP contribution is -2.45. The smallest absolute Gasteiger partial charge is 0.307 e. The van der Waals surface area contributed by atoms with E-state index in [1.807, 2.05) is 31.2 Å². The van der Waals surface area contributed by atoms with Crippen LogP contribution in [-0.2, 0) is 15.1 Å². The summed E-state index contributed by atoms with van der Waals surface area (Å²) in [6.07, 6.45) is 0.322. The van der Waals surface area contributed by atoms with Crippen LogP contribution in [0.5, 0.6) is 0 Å². The number of halogens is 1. The first-order valence-electron chi connectivity index (χ1n) is 7.14. The molecular formula is C16H24ClNO2. The molecule has 0 saturated heterocycles. The molecule has 0 aliphatic rings. The van der Waals surface area contributed by atoms with Crippen molar-refractivity contribution in [2.75, 3.05) is 19.7 Å². The lowest BCUT2D eigenvalue weighted by atomic mass is 9.86. The lowest BCUT2D eigenvalue weighted by Gasteiger charge is -2.40. The van der Waals surface area contributed by atoms with E-state index in [4.69, 9.17) is 16.3 Å². The van der Waals surface area contributed by atoms with Crippen molar-refractivity contribution in [1.29, 1.82) is 0 Å². The molecule has 1 aromatic carbocycles. The molecule has 0 N–H and O–H groups in total. The molecule has 4 heteroatoms. The van der Waals surface area contributed by atoms with E-state index >= 15 is 0 Å².